The Morgan fingerprint density at radius 2 is 2.08 bits per heavy atom. The molecule has 0 spiro atoms. The van der Waals surface area contributed by atoms with Gasteiger partial charge < -0.3 is 4.90 Å². The van der Waals surface area contributed by atoms with E-state index in [-0.39, 0.29) is 11.9 Å². The fourth-order valence-corrected chi connectivity index (χ4v) is 5.27. The summed E-state index contributed by atoms with van der Waals surface area (Å²) in [5, 5.41) is 0. The minimum atomic E-state index is -3.29. The molecule has 0 aromatic heterocycles. The Kier molecular flexibility index (Phi) is 4.60. The van der Waals surface area contributed by atoms with Crippen molar-refractivity contribution < 1.29 is 13.2 Å². The summed E-state index contributed by atoms with van der Waals surface area (Å²) in [5.41, 5.74) is 2.34. The van der Waals surface area contributed by atoms with Gasteiger partial charge in [-0.1, -0.05) is 13.3 Å². The van der Waals surface area contributed by atoms with Crippen molar-refractivity contribution in [2.45, 2.75) is 45.6 Å². The number of hydrogen-bond acceptors (Lipinski definition) is 3. The molecule has 0 aliphatic carbocycles. The largest absolute Gasteiger partial charge is 0.338 e. The van der Waals surface area contributed by atoms with Crippen LogP contribution in [0, 0.1) is 5.92 Å². The van der Waals surface area contributed by atoms with Gasteiger partial charge in [-0.05, 0) is 55.9 Å². The number of nitrogens with zero attached hydrogens (tertiary/aromatic N) is 2. The van der Waals surface area contributed by atoms with Crippen LogP contribution in [0.2, 0.25) is 0 Å². The summed E-state index contributed by atoms with van der Waals surface area (Å²) in [6, 6.07) is 5.34. The first-order valence-electron chi connectivity index (χ1n) is 8.73. The van der Waals surface area contributed by atoms with Gasteiger partial charge in [-0.2, -0.15) is 0 Å². The van der Waals surface area contributed by atoms with Crippen molar-refractivity contribution in [3.05, 3.63) is 29.3 Å². The lowest BCUT2D eigenvalue weighted by Gasteiger charge is -2.32. The number of piperidine rings is 1. The Hall–Kier alpha value is -1.56. The number of benzene rings is 1. The molecule has 24 heavy (non-hydrogen) atoms. The fraction of sp³-hybridized carbons (Fsp3) is 0.611. The van der Waals surface area contributed by atoms with Crippen molar-refractivity contribution in [3.8, 4) is 0 Å². The average Bonchev–Trinajstić information content (AvgIpc) is 2.89. The second kappa shape index (κ2) is 6.39. The van der Waals surface area contributed by atoms with Crippen LogP contribution in [0.4, 0.5) is 5.69 Å². The van der Waals surface area contributed by atoms with E-state index in [1.165, 1.54) is 17.0 Å². The summed E-state index contributed by atoms with van der Waals surface area (Å²) in [7, 11) is -3.29. The summed E-state index contributed by atoms with van der Waals surface area (Å²) in [6.45, 7) is 5.73. The SMILES string of the molecule is CC[C@@H]1CCCN(C(=O)c2ccc3c(c2)C[C@@H](C)N3S(C)(=O)=O)C1. The van der Waals surface area contributed by atoms with Crippen LogP contribution in [0.25, 0.3) is 0 Å². The van der Waals surface area contributed by atoms with Gasteiger partial charge in [-0.25, -0.2) is 8.42 Å². The molecule has 0 unspecified atom stereocenters. The van der Waals surface area contributed by atoms with Crippen LogP contribution < -0.4 is 4.31 Å². The molecular weight excluding hydrogens is 324 g/mol. The van der Waals surface area contributed by atoms with Crippen LogP contribution in [0.1, 0.15) is 49.0 Å². The van der Waals surface area contributed by atoms with Gasteiger partial charge in [0.15, 0.2) is 0 Å². The minimum absolute atomic E-state index is 0.0707. The fourth-order valence-electron chi connectivity index (χ4n) is 4.01. The Morgan fingerprint density at radius 1 is 1.33 bits per heavy atom. The lowest BCUT2D eigenvalue weighted by atomic mass is 9.95. The molecule has 0 radical (unpaired) electrons. The normalized spacial score (nSPS) is 24.1. The zero-order valence-electron chi connectivity index (χ0n) is 14.7. The second-order valence-corrected chi connectivity index (χ2v) is 8.98. The van der Waals surface area contributed by atoms with E-state index in [1.54, 1.807) is 12.1 Å². The van der Waals surface area contributed by atoms with Crippen molar-refractivity contribution in [2.75, 3.05) is 23.7 Å². The lowest BCUT2D eigenvalue weighted by molar-refractivity contribution is 0.0671. The van der Waals surface area contributed by atoms with E-state index < -0.39 is 10.0 Å². The summed E-state index contributed by atoms with van der Waals surface area (Å²) in [4.78, 5) is 14.8. The van der Waals surface area contributed by atoms with Gasteiger partial charge in [0.05, 0.1) is 11.9 Å². The van der Waals surface area contributed by atoms with Crippen LogP contribution in [0.3, 0.4) is 0 Å². The first-order chi connectivity index (χ1) is 11.3. The number of rotatable bonds is 3. The van der Waals surface area contributed by atoms with Gasteiger partial charge >= 0.3 is 0 Å². The van der Waals surface area contributed by atoms with Crippen molar-refractivity contribution in [2.24, 2.45) is 5.92 Å². The zero-order chi connectivity index (χ0) is 17.5. The Labute approximate surface area is 144 Å². The minimum Gasteiger partial charge on any atom is -0.338 e. The van der Waals surface area contributed by atoms with Crippen LogP contribution in [-0.2, 0) is 16.4 Å². The Bertz CT molecular complexity index is 745. The number of likely N-dealkylation sites (tertiary alicyclic amines) is 1. The monoisotopic (exact) mass is 350 g/mol. The van der Waals surface area contributed by atoms with E-state index in [1.807, 2.05) is 17.9 Å². The predicted octanol–water partition coefficient (Wildman–Crippen LogP) is 2.66. The number of carbonyl (C=O) groups excluding carboxylic acids is 1. The Morgan fingerprint density at radius 3 is 2.75 bits per heavy atom. The highest BCUT2D eigenvalue weighted by atomic mass is 32.2. The van der Waals surface area contributed by atoms with Gasteiger partial charge in [-0.15, -0.1) is 0 Å². The first-order valence-corrected chi connectivity index (χ1v) is 10.6. The Balaban J connectivity index is 1.85. The predicted molar refractivity (Wildman–Crippen MR) is 95.8 cm³/mol. The molecule has 2 aliphatic rings. The molecule has 6 heteroatoms. The summed E-state index contributed by atoms with van der Waals surface area (Å²) < 4.78 is 25.4. The molecule has 0 saturated carbocycles. The van der Waals surface area contributed by atoms with E-state index in [0.29, 0.717) is 23.6 Å². The molecule has 1 fully saturated rings. The highest BCUT2D eigenvalue weighted by Gasteiger charge is 2.33. The highest BCUT2D eigenvalue weighted by Crippen LogP contribution is 2.35. The van der Waals surface area contributed by atoms with Crippen molar-refractivity contribution >= 4 is 21.6 Å². The van der Waals surface area contributed by atoms with Gasteiger partial charge in [0, 0.05) is 24.7 Å². The van der Waals surface area contributed by atoms with Crippen LogP contribution in [0.15, 0.2) is 18.2 Å². The number of sulfonamides is 1. The maximum absolute atomic E-state index is 12.8. The van der Waals surface area contributed by atoms with Gasteiger partial charge in [0.25, 0.3) is 5.91 Å². The van der Waals surface area contributed by atoms with Gasteiger partial charge in [0.1, 0.15) is 0 Å². The first kappa shape index (κ1) is 17.3. The molecule has 0 bridgehead atoms. The smallest absolute Gasteiger partial charge is 0.253 e. The molecule has 2 aliphatic heterocycles. The van der Waals surface area contributed by atoms with E-state index in [2.05, 4.69) is 6.92 Å². The highest BCUT2D eigenvalue weighted by molar-refractivity contribution is 7.92. The molecule has 1 aromatic rings. The van der Waals surface area contributed by atoms with Gasteiger partial charge in [-0.3, -0.25) is 9.10 Å². The summed E-state index contributed by atoms with van der Waals surface area (Å²) in [6.07, 6.45) is 5.26. The summed E-state index contributed by atoms with van der Waals surface area (Å²) in [5.74, 6) is 0.666. The van der Waals surface area contributed by atoms with E-state index >= 15 is 0 Å². The number of carbonyl (C=O) groups is 1. The molecule has 2 atom stereocenters. The maximum Gasteiger partial charge on any atom is 0.253 e. The van der Waals surface area contributed by atoms with E-state index in [0.717, 1.165) is 31.5 Å². The van der Waals surface area contributed by atoms with Crippen molar-refractivity contribution in [1.29, 1.82) is 0 Å². The number of hydrogen-bond donors (Lipinski definition) is 0. The van der Waals surface area contributed by atoms with Crippen molar-refractivity contribution in [3.63, 3.8) is 0 Å². The number of anilines is 1. The molecule has 3 rings (SSSR count). The van der Waals surface area contributed by atoms with Crippen LogP contribution >= 0.6 is 0 Å². The third-order valence-electron chi connectivity index (χ3n) is 5.22. The lowest BCUT2D eigenvalue weighted by Crippen LogP contribution is -2.39. The average molecular weight is 350 g/mol. The molecule has 1 aromatic carbocycles. The maximum atomic E-state index is 12.8. The molecule has 1 amide bonds. The van der Waals surface area contributed by atoms with Gasteiger partial charge in [0.2, 0.25) is 10.0 Å². The molecule has 1 saturated heterocycles. The van der Waals surface area contributed by atoms with Crippen LogP contribution in [0.5, 0.6) is 0 Å². The topological polar surface area (TPSA) is 57.7 Å². The van der Waals surface area contributed by atoms with E-state index in [9.17, 15) is 13.2 Å². The van der Waals surface area contributed by atoms with Crippen molar-refractivity contribution in [1.82, 2.24) is 4.90 Å². The molecule has 5 nitrogen and oxygen atoms in total. The zero-order valence-corrected chi connectivity index (χ0v) is 15.5. The number of amides is 1. The molecular formula is C18H26N2O3S. The quantitative estimate of drug-likeness (QED) is 0.842. The second-order valence-electron chi connectivity index (χ2n) is 7.12. The molecule has 2 heterocycles. The van der Waals surface area contributed by atoms with E-state index in [4.69, 9.17) is 0 Å². The summed E-state index contributed by atoms with van der Waals surface area (Å²) >= 11 is 0. The standard InChI is InChI=1S/C18H26N2O3S/c1-4-14-6-5-9-19(12-14)18(21)15-7-8-17-16(11-15)10-13(2)20(17)24(3,22)23/h7-8,11,13-14H,4-6,9-10,12H2,1-3H3/t13-,14-/m1/s1. The third kappa shape index (κ3) is 3.16. The number of fused-ring (bicyclic) bond motifs is 1. The molecule has 132 valence electrons. The third-order valence-corrected chi connectivity index (χ3v) is 6.49. The molecule has 0 N–H and O–H groups in total. The van der Waals surface area contributed by atoms with Crippen LogP contribution in [-0.4, -0.2) is 44.6 Å².